The number of hydrogen-bond acceptors (Lipinski definition) is 4. The number of rotatable bonds is 7. The van der Waals surface area contributed by atoms with Crippen molar-refractivity contribution in [3.63, 3.8) is 0 Å². The van der Waals surface area contributed by atoms with Gasteiger partial charge in [-0.2, -0.15) is 0 Å². The van der Waals surface area contributed by atoms with Crippen LogP contribution in [0.15, 0.2) is 77.3 Å². The fraction of sp³-hybridized carbons (Fsp3) is 0.200. The highest BCUT2D eigenvalue weighted by molar-refractivity contribution is 9.10. The first-order valence-electron chi connectivity index (χ1n) is 10.0. The number of hydrogen-bond donors (Lipinski definition) is 2. The van der Waals surface area contributed by atoms with E-state index in [2.05, 4.69) is 15.9 Å². The SMILES string of the molecule is NC(Cc1ccc(Br)cc1)[C@H](C(=O)O)C(=O)OCC1c2ccccc2-c2ccccc21. The molecule has 0 bridgehead atoms. The monoisotopic (exact) mass is 479 g/mol. The van der Waals surface area contributed by atoms with Gasteiger partial charge in [0.15, 0.2) is 5.92 Å². The van der Waals surface area contributed by atoms with Crippen molar-refractivity contribution < 1.29 is 19.4 Å². The van der Waals surface area contributed by atoms with Gasteiger partial charge < -0.3 is 15.6 Å². The van der Waals surface area contributed by atoms with Gasteiger partial charge in [0.2, 0.25) is 0 Å². The molecule has 158 valence electrons. The van der Waals surface area contributed by atoms with Gasteiger partial charge in [-0.1, -0.05) is 76.6 Å². The van der Waals surface area contributed by atoms with Crippen molar-refractivity contribution in [2.75, 3.05) is 6.61 Å². The van der Waals surface area contributed by atoms with Crippen molar-refractivity contribution in [3.8, 4) is 11.1 Å². The van der Waals surface area contributed by atoms with E-state index >= 15 is 0 Å². The highest BCUT2D eigenvalue weighted by Crippen LogP contribution is 2.44. The lowest BCUT2D eigenvalue weighted by Crippen LogP contribution is -2.43. The molecule has 31 heavy (non-hydrogen) atoms. The predicted molar refractivity (Wildman–Crippen MR) is 122 cm³/mol. The summed E-state index contributed by atoms with van der Waals surface area (Å²) in [6, 6.07) is 22.5. The van der Waals surface area contributed by atoms with Crippen LogP contribution in [0.1, 0.15) is 22.6 Å². The second-order valence-electron chi connectivity index (χ2n) is 7.67. The smallest absolute Gasteiger partial charge is 0.321 e. The molecule has 0 heterocycles. The van der Waals surface area contributed by atoms with Crippen LogP contribution in [-0.2, 0) is 20.7 Å². The van der Waals surface area contributed by atoms with Crippen LogP contribution in [0, 0.1) is 5.92 Å². The molecule has 0 spiro atoms. The van der Waals surface area contributed by atoms with Crippen LogP contribution in [0.4, 0.5) is 0 Å². The molecule has 0 saturated carbocycles. The molecule has 0 saturated heterocycles. The minimum atomic E-state index is -1.43. The summed E-state index contributed by atoms with van der Waals surface area (Å²) in [5.74, 6) is -3.65. The van der Waals surface area contributed by atoms with Gasteiger partial charge in [0, 0.05) is 16.4 Å². The Morgan fingerprint density at radius 2 is 1.48 bits per heavy atom. The summed E-state index contributed by atoms with van der Waals surface area (Å²) in [6.07, 6.45) is 0.258. The van der Waals surface area contributed by atoms with Crippen LogP contribution in [0.25, 0.3) is 11.1 Å². The number of halogens is 1. The Balaban J connectivity index is 1.49. The molecule has 3 N–H and O–H groups in total. The molecule has 6 heteroatoms. The molecule has 0 aromatic heterocycles. The first-order chi connectivity index (χ1) is 15.0. The van der Waals surface area contributed by atoms with Crippen molar-refractivity contribution in [1.82, 2.24) is 0 Å². The standard InChI is InChI=1S/C25H22BrNO4/c26-16-11-9-15(10-12-16)13-22(27)23(24(28)29)25(30)31-14-21-19-7-3-1-5-17(19)18-6-2-4-8-20(18)21/h1-12,21-23H,13-14,27H2,(H,28,29)/t22?,23-/m1/s1. The summed E-state index contributed by atoms with van der Waals surface area (Å²) in [4.78, 5) is 24.6. The molecular formula is C25H22BrNO4. The summed E-state index contributed by atoms with van der Waals surface area (Å²) in [6.45, 7) is 0.0711. The molecule has 5 nitrogen and oxygen atoms in total. The van der Waals surface area contributed by atoms with Gasteiger partial charge in [-0.3, -0.25) is 9.59 Å². The van der Waals surface area contributed by atoms with Gasteiger partial charge in [-0.15, -0.1) is 0 Å². The molecule has 3 aromatic carbocycles. The summed E-state index contributed by atoms with van der Waals surface area (Å²) >= 11 is 3.36. The Labute approximate surface area is 189 Å². The predicted octanol–water partition coefficient (Wildman–Crippen LogP) is 4.38. The maximum absolute atomic E-state index is 12.8. The molecule has 1 unspecified atom stereocenters. The van der Waals surface area contributed by atoms with E-state index in [0.29, 0.717) is 0 Å². The first-order valence-corrected chi connectivity index (χ1v) is 10.8. The van der Waals surface area contributed by atoms with Crippen LogP contribution >= 0.6 is 15.9 Å². The topological polar surface area (TPSA) is 89.6 Å². The molecule has 0 fully saturated rings. The van der Waals surface area contributed by atoms with Crippen LogP contribution < -0.4 is 5.73 Å². The Hall–Kier alpha value is -2.96. The number of fused-ring (bicyclic) bond motifs is 3. The van der Waals surface area contributed by atoms with E-state index < -0.39 is 23.9 Å². The lowest BCUT2D eigenvalue weighted by Gasteiger charge is -2.21. The lowest BCUT2D eigenvalue weighted by molar-refractivity contribution is -0.159. The van der Waals surface area contributed by atoms with E-state index in [9.17, 15) is 14.7 Å². The van der Waals surface area contributed by atoms with E-state index in [1.807, 2.05) is 72.8 Å². The number of carboxylic acids is 1. The second kappa shape index (κ2) is 9.04. The highest BCUT2D eigenvalue weighted by atomic mass is 79.9. The maximum Gasteiger partial charge on any atom is 0.321 e. The molecule has 4 rings (SSSR count). The van der Waals surface area contributed by atoms with Gasteiger partial charge in [-0.05, 0) is 46.4 Å². The number of nitrogens with two attached hydrogens (primary N) is 1. The first kappa shape index (κ1) is 21.3. The molecule has 1 aliphatic carbocycles. The van der Waals surface area contributed by atoms with Crippen molar-refractivity contribution >= 4 is 27.9 Å². The van der Waals surface area contributed by atoms with E-state index in [1.165, 1.54) is 0 Å². The number of esters is 1. The second-order valence-corrected chi connectivity index (χ2v) is 8.58. The summed E-state index contributed by atoms with van der Waals surface area (Å²) < 4.78 is 6.45. The van der Waals surface area contributed by atoms with Gasteiger partial charge in [-0.25, -0.2) is 0 Å². The largest absolute Gasteiger partial charge is 0.481 e. The molecule has 2 atom stereocenters. The van der Waals surface area contributed by atoms with Crippen molar-refractivity contribution in [1.29, 1.82) is 0 Å². The van der Waals surface area contributed by atoms with E-state index in [-0.39, 0.29) is 18.9 Å². The summed E-state index contributed by atoms with van der Waals surface area (Å²) in [5.41, 5.74) is 11.4. The molecule has 0 radical (unpaired) electrons. The number of carbonyl (C=O) groups excluding carboxylic acids is 1. The minimum absolute atomic E-state index is 0.0711. The lowest BCUT2D eigenvalue weighted by atomic mass is 9.94. The Kier molecular flexibility index (Phi) is 6.20. The summed E-state index contributed by atoms with van der Waals surface area (Å²) in [7, 11) is 0. The summed E-state index contributed by atoms with van der Waals surface area (Å²) in [5, 5.41) is 9.66. The molecule has 3 aromatic rings. The zero-order chi connectivity index (χ0) is 22.0. The third kappa shape index (κ3) is 4.40. The van der Waals surface area contributed by atoms with Gasteiger partial charge in [0.05, 0.1) is 0 Å². The van der Waals surface area contributed by atoms with E-state index in [0.717, 1.165) is 32.3 Å². The van der Waals surface area contributed by atoms with Crippen molar-refractivity contribution in [2.24, 2.45) is 11.7 Å². The Bertz CT molecular complexity index is 1070. The number of carbonyl (C=O) groups is 2. The van der Waals surface area contributed by atoms with E-state index in [4.69, 9.17) is 10.5 Å². The number of ether oxygens (including phenoxy) is 1. The number of aliphatic carboxylic acids is 1. The fourth-order valence-electron chi connectivity index (χ4n) is 4.16. The Morgan fingerprint density at radius 1 is 0.935 bits per heavy atom. The molecule has 0 aliphatic heterocycles. The number of carboxylic acid groups (broad SMARTS) is 1. The molecular weight excluding hydrogens is 458 g/mol. The third-order valence-electron chi connectivity index (χ3n) is 5.69. The van der Waals surface area contributed by atoms with Gasteiger partial charge in [0.1, 0.15) is 6.61 Å². The average molecular weight is 480 g/mol. The van der Waals surface area contributed by atoms with E-state index in [1.54, 1.807) is 0 Å². The quantitative estimate of drug-likeness (QED) is 0.387. The molecule has 0 amide bonds. The Morgan fingerprint density at radius 3 is 2.03 bits per heavy atom. The third-order valence-corrected chi connectivity index (χ3v) is 6.22. The van der Waals surface area contributed by atoms with Crippen LogP contribution in [0.3, 0.4) is 0 Å². The van der Waals surface area contributed by atoms with Crippen molar-refractivity contribution in [2.45, 2.75) is 18.4 Å². The van der Waals surface area contributed by atoms with Gasteiger partial charge >= 0.3 is 11.9 Å². The number of benzene rings is 3. The average Bonchev–Trinajstić information content (AvgIpc) is 3.07. The van der Waals surface area contributed by atoms with Crippen LogP contribution in [0.2, 0.25) is 0 Å². The highest BCUT2D eigenvalue weighted by Gasteiger charge is 2.36. The van der Waals surface area contributed by atoms with Crippen molar-refractivity contribution in [3.05, 3.63) is 94.0 Å². The zero-order valence-electron chi connectivity index (χ0n) is 16.7. The minimum Gasteiger partial charge on any atom is -0.481 e. The fourth-order valence-corrected chi connectivity index (χ4v) is 4.43. The molecule has 1 aliphatic rings. The normalized spacial score (nSPS) is 14.4. The zero-order valence-corrected chi connectivity index (χ0v) is 18.3. The van der Waals surface area contributed by atoms with Crippen LogP contribution in [0.5, 0.6) is 0 Å². The van der Waals surface area contributed by atoms with Crippen LogP contribution in [-0.4, -0.2) is 29.7 Å². The van der Waals surface area contributed by atoms with Gasteiger partial charge in [0.25, 0.3) is 0 Å². The maximum atomic E-state index is 12.8.